The van der Waals surface area contributed by atoms with Crippen LogP contribution in [0.2, 0.25) is 0 Å². The SMILES string of the molecule is CNc1cc(C=NCCc2cc3c(c(-c4ccc(C)cc4)n2)OCP32=CN2)ccc1OC1CC1. The standard InChI is InChI=1S/C27H29N4O2P/c1-18-3-6-20(7-4-18)26-27-25(34(16-30-34)17-32-27)14-21(31-26)11-12-29-15-19-5-10-24(23(13-19)28-2)33-22-8-9-22/h3-7,10,13-16,22,28,30H,8-9,11-12,17H2,1-2H3. The molecular weight excluding hydrogens is 443 g/mol. The maximum Gasteiger partial charge on any atom is 0.155 e. The van der Waals surface area contributed by atoms with Gasteiger partial charge in [-0.1, -0.05) is 29.8 Å². The van der Waals surface area contributed by atoms with Crippen molar-refractivity contribution in [2.75, 3.05) is 25.3 Å². The molecule has 1 aliphatic carbocycles. The Morgan fingerprint density at radius 2 is 2.03 bits per heavy atom. The minimum atomic E-state index is -1.42. The highest BCUT2D eigenvalue weighted by atomic mass is 31.2. The molecule has 174 valence electrons. The number of nitrogens with zero attached hydrogens (tertiary/aromatic N) is 2. The fourth-order valence-corrected chi connectivity index (χ4v) is 6.57. The highest BCUT2D eigenvalue weighted by Gasteiger charge is 2.40. The van der Waals surface area contributed by atoms with E-state index in [2.05, 4.69) is 65.7 Å². The molecule has 3 heterocycles. The third kappa shape index (κ3) is 4.24. The summed E-state index contributed by atoms with van der Waals surface area (Å²) in [5.74, 6) is 4.08. The van der Waals surface area contributed by atoms with E-state index in [0.29, 0.717) is 12.6 Å². The number of ether oxygens (including phenoxy) is 2. The van der Waals surface area contributed by atoms with Gasteiger partial charge in [-0.25, -0.2) is 4.98 Å². The molecule has 3 aromatic rings. The van der Waals surface area contributed by atoms with Crippen LogP contribution < -0.4 is 25.2 Å². The second kappa shape index (κ2) is 8.61. The van der Waals surface area contributed by atoms with E-state index >= 15 is 0 Å². The maximum atomic E-state index is 6.14. The molecule has 6 rings (SSSR count). The first-order valence-corrected chi connectivity index (χ1v) is 13.9. The van der Waals surface area contributed by atoms with Crippen molar-refractivity contribution in [1.82, 2.24) is 10.1 Å². The lowest BCUT2D eigenvalue weighted by Gasteiger charge is -2.11. The molecule has 2 N–H and O–H groups in total. The van der Waals surface area contributed by atoms with E-state index in [4.69, 9.17) is 19.5 Å². The number of benzene rings is 2. The van der Waals surface area contributed by atoms with Crippen LogP contribution in [0.25, 0.3) is 11.3 Å². The Labute approximate surface area is 200 Å². The Kier molecular flexibility index (Phi) is 5.43. The molecule has 6 nitrogen and oxygen atoms in total. The molecule has 1 fully saturated rings. The van der Waals surface area contributed by atoms with Crippen LogP contribution in [0.15, 0.2) is 53.5 Å². The topological polar surface area (TPSA) is 77.7 Å². The number of hydrogen-bond acceptors (Lipinski definition) is 6. The zero-order valence-electron chi connectivity index (χ0n) is 19.5. The Bertz CT molecular complexity index is 1330. The van der Waals surface area contributed by atoms with Crippen molar-refractivity contribution in [3.63, 3.8) is 0 Å². The van der Waals surface area contributed by atoms with Gasteiger partial charge in [0.05, 0.1) is 11.8 Å². The van der Waals surface area contributed by atoms with E-state index in [1.165, 1.54) is 10.9 Å². The number of aromatic nitrogens is 1. The molecule has 2 aliphatic heterocycles. The molecule has 1 atom stereocenters. The van der Waals surface area contributed by atoms with Crippen LogP contribution in [0.4, 0.5) is 5.69 Å². The lowest BCUT2D eigenvalue weighted by Crippen LogP contribution is -2.07. The fraction of sp³-hybridized carbons (Fsp3) is 0.296. The molecule has 7 heteroatoms. The highest BCUT2D eigenvalue weighted by molar-refractivity contribution is 7.88. The predicted molar refractivity (Wildman–Crippen MR) is 141 cm³/mol. The molecule has 3 aliphatic rings. The lowest BCUT2D eigenvalue weighted by molar-refractivity contribution is 0.304. The predicted octanol–water partition coefficient (Wildman–Crippen LogP) is 4.57. The second-order valence-electron chi connectivity index (χ2n) is 9.19. The molecule has 1 spiro atoms. The van der Waals surface area contributed by atoms with E-state index in [-0.39, 0.29) is 0 Å². The lowest BCUT2D eigenvalue weighted by atomic mass is 10.1. The van der Waals surface area contributed by atoms with Gasteiger partial charge in [0.25, 0.3) is 0 Å². The van der Waals surface area contributed by atoms with Gasteiger partial charge in [-0.05, 0) is 55.5 Å². The second-order valence-corrected chi connectivity index (χ2v) is 12.2. The first-order chi connectivity index (χ1) is 16.6. The number of pyridine rings is 1. The van der Waals surface area contributed by atoms with E-state index in [0.717, 1.165) is 65.3 Å². The van der Waals surface area contributed by atoms with Crippen molar-refractivity contribution in [3.05, 3.63) is 65.4 Å². The maximum absolute atomic E-state index is 6.14. The summed E-state index contributed by atoms with van der Waals surface area (Å²) in [7, 11) is 0.505. The van der Waals surface area contributed by atoms with Gasteiger partial charge < -0.3 is 14.8 Å². The normalized spacial score (nSPS) is 20.2. The number of aryl methyl sites for hydroxylation is 1. The Balaban J connectivity index is 1.20. The average molecular weight is 473 g/mol. The first-order valence-electron chi connectivity index (χ1n) is 11.9. The van der Waals surface area contributed by atoms with Gasteiger partial charge in [0, 0.05) is 49.8 Å². The van der Waals surface area contributed by atoms with Gasteiger partial charge in [-0.2, -0.15) is 0 Å². The molecule has 0 radical (unpaired) electrons. The molecule has 34 heavy (non-hydrogen) atoms. The summed E-state index contributed by atoms with van der Waals surface area (Å²) in [6, 6.07) is 16.9. The minimum Gasteiger partial charge on any atom is -0.488 e. The van der Waals surface area contributed by atoms with Crippen molar-refractivity contribution in [1.29, 1.82) is 0 Å². The first kappa shape index (κ1) is 21.5. The molecule has 2 aromatic carbocycles. The van der Waals surface area contributed by atoms with Crippen LogP contribution in [0.5, 0.6) is 11.5 Å². The van der Waals surface area contributed by atoms with Crippen LogP contribution in [-0.2, 0) is 6.42 Å². The van der Waals surface area contributed by atoms with Crippen LogP contribution >= 0.6 is 7.04 Å². The van der Waals surface area contributed by atoms with Crippen LogP contribution in [0, 0.1) is 6.92 Å². The zero-order chi connectivity index (χ0) is 23.1. The molecule has 1 saturated carbocycles. The van der Waals surface area contributed by atoms with Crippen LogP contribution in [0.3, 0.4) is 0 Å². The number of aliphatic imine (C=N–C) groups is 1. The highest BCUT2D eigenvalue weighted by Crippen LogP contribution is 2.57. The summed E-state index contributed by atoms with van der Waals surface area (Å²) in [5, 5.41) is 8.02. The van der Waals surface area contributed by atoms with Gasteiger partial charge in [-0.15, -0.1) is 0 Å². The van der Waals surface area contributed by atoms with Gasteiger partial charge in [-0.3, -0.25) is 10.1 Å². The molecule has 0 saturated heterocycles. The van der Waals surface area contributed by atoms with Crippen LogP contribution in [-0.4, -0.2) is 43.2 Å². The quantitative estimate of drug-likeness (QED) is 0.371. The zero-order valence-corrected chi connectivity index (χ0v) is 20.4. The summed E-state index contributed by atoms with van der Waals surface area (Å²) in [6.07, 6.45) is 6.13. The van der Waals surface area contributed by atoms with Crippen LogP contribution in [0.1, 0.15) is 29.7 Å². The number of fused-ring (bicyclic) bond motifs is 2. The van der Waals surface area contributed by atoms with Crippen molar-refractivity contribution >= 4 is 30.2 Å². The van der Waals surface area contributed by atoms with Crippen molar-refractivity contribution < 1.29 is 9.47 Å². The Morgan fingerprint density at radius 3 is 2.76 bits per heavy atom. The molecule has 0 bridgehead atoms. The molecule has 1 unspecified atom stereocenters. The third-order valence-electron chi connectivity index (χ3n) is 6.44. The van der Waals surface area contributed by atoms with Crippen molar-refractivity contribution in [2.45, 2.75) is 32.3 Å². The van der Waals surface area contributed by atoms with Gasteiger partial charge in [0.2, 0.25) is 0 Å². The smallest absolute Gasteiger partial charge is 0.155 e. The monoisotopic (exact) mass is 472 g/mol. The summed E-state index contributed by atoms with van der Waals surface area (Å²) in [4.78, 5) is 9.70. The summed E-state index contributed by atoms with van der Waals surface area (Å²) >= 11 is 0. The number of anilines is 1. The number of rotatable bonds is 8. The molecule has 0 amide bonds. The van der Waals surface area contributed by atoms with E-state index in [1.807, 2.05) is 19.3 Å². The van der Waals surface area contributed by atoms with Gasteiger partial charge in [0.15, 0.2) is 5.75 Å². The summed E-state index contributed by atoms with van der Waals surface area (Å²) < 4.78 is 12.1. The summed E-state index contributed by atoms with van der Waals surface area (Å²) in [6.45, 7) is 2.78. The van der Waals surface area contributed by atoms with E-state index < -0.39 is 7.04 Å². The number of nitrogens with one attached hydrogen (secondary N) is 2. The Hall–Kier alpha value is -3.08. The average Bonchev–Trinajstić information content (AvgIpc) is 3.78. The Morgan fingerprint density at radius 1 is 1.21 bits per heavy atom. The van der Waals surface area contributed by atoms with E-state index in [9.17, 15) is 0 Å². The fourth-order valence-electron chi connectivity index (χ4n) is 4.20. The van der Waals surface area contributed by atoms with Gasteiger partial charge >= 0.3 is 0 Å². The largest absolute Gasteiger partial charge is 0.488 e. The van der Waals surface area contributed by atoms with E-state index in [1.54, 1.807) is 0 Å². The minimum absolute atomic E-state index is 0.381. The van der Waals surface area contributed by atoms with Gasteiger partial charge in [0.1, 0.15) is 17.8 Å². The van der Waals surface area contributed by atoms with Crippen molar-refractivity contribution in [3.8, 4) is 22.8 Å². The molecular formula is C27H29N4O2P. The molecule has 1 aromatic heterocycles. The third-order valence-corrected chi connectivity index (χ3v) is 9.05. The van der Waals surface area contributed by atoms with Crippen molar-refractivity contribution in [2.24, 2.45) is 4.99 Å². The number of hydrogen-bond donors (Lipinski definition) is 2. The summed E-state index contributed by atoms with van der Waals surface area (Å²) in [5.41, 5.74) is 6.40.